The Balaban J connectivity index is 1.47. The molecule has 3 aromatic rings. The van der Waals surface area contributed by atoms with Gasteiger partial charge in [0.05, 0.1) is 11.7 Å². The van der Waals surface area contributed by atoms with Crippen LogP contribution < -0.4 is 15.1 Å². The first-order valence-electron chi connectivity index (χ1n) is 15.2. The average molecular weight is 555 g/mol. The van der Waals surface area contributed by atoms with E-state index in [1.807, 2.05) is 0 Å². The van der Waals surface area contributed by atoms with Crippen molar-refractivity contribution in [2.75, 3.05) is 69.7 Å². The van der Waals surface area contributed by atoms with E-state index in [0.717, 1.165) is 93.0 Å². The van der Waals surface area contributed by atoms with Gasteiger partial charge >= 0.3 is 0 Å². The number of benzene rings is 1. The number of nitrogens with one attached hydrogen (secondary N) is 1. The summed E-state index contributed by atoms with van der Waals surface area (Å²) in [5.74, 6) is 2.12. The third-order valence-corrected chi connectivity index (χ3v) is 9.37. The molecule has 218 valence electrons. The summed E-state index contributed by atoms with van der Waals surface area (Å²) in [6, 6.07) is 13.6. The molecule has 2 fully saturated rings. The summed E-state index contributed by atoms with van der Waals surface area (Å²) in [5, 5.41) is 8.84. The van der Waals surface area contributed by atoms with E-state index in [1.165, 1.54) is 24.0 Å². The molecular formula is C33H46N8. The van der Waals surface area contributed by atoms with Gasteiger partial charge in [-0.15, -0.1) is 0 Å². The number of hydrogen-bond acceptors (Lipinski definition) is 7. The minimum atomic E-state index is -0.275. The highest BCUT2D eigenvalue weighted by Crippen LogP contribution is 2.42. The van der Waals surface area contributed by atoms with Crippen molar-refractivity contribution in [2.45, 2.75) is 51.0 Å². The molecule has 6 rings (SSSR count). The molecule has 41 heavy (non-hydrogen) atoms. The van der Waals surface area contributed by atoms with Crippen LogP contribution in [0.25, 0.3) is 5.65 Å². The summed E-state index contributed by atoms with van der Waals surface area (Å²) < 4.78 is 2.06. The topological polar surface area (TPSA) is 55.2 Å². The van der Waals surface area contributed by atoms with Gasteiger partial charge < -0.3 is 20.0 Å². The second-order valence-electron chi connectivity index (χ2n) is 12.6. The van der Waals surface area contributed by atoms with Gasteiger partial charge in [-0.3, -0.25) is 4.90 Å². The Morgan fingerprint density at radius 3 is 2.49 bits per heavy atom. The Morgan fingerprint density at radius 1 is 0.976 bits per heavy atom. The number of fused-ring (bicyclic) bond motifs is 3. The standard InChI is InChI=1S/C33H46N8/c1-24-11-13-27(14-12-24)33(4)23-37(5)22-25(2)34-15-19-38(6)32-21-30(39-16-9-17-39)35-31-20-28(36-41(31)32)29-10-7-8-18-40(29)26(33)3/h11-14,20-21,29,34H,2-3,7-10,15-19,22-23H2,1,4-6H3/t29-,33+/m0/s1. The van der Waals surface area contributed by atoms with Crippen LogP contribution in [0, 0.1) is 6.92 Å². The fourth-order valence-electron chi connectivity index (χ4n) is 6.75. The first-order chi connectivity index (χ1) is 19.7. The number of rotatable bonds is 2. The Morgan fingerprint density at radius 2 is 1.76 bits per heavy atom. The van der Waals surface area contributed by atoms with Crippen molar-refractivity contribution in [3.63, 3.8) is 0 Å². The lowest BCUT2D eigenvalue weighted by molar-refractivity contribution is 0.152. The molecule has 2 atom stereocenters. The molecule has 1 aromatic carbocycles. The van der Waals surface area contributed by atoms with Crippen molar-refractivity contribution < 1.29 is 0 Å². The second kappa shape index (κ2) is 11.0. The van der Waals surface area contributed by atoms with Crippen molar-refractivity contribution in [1.29, 1.82) is 0 Å². The lowest BCUT2D eigenvalue weighted by Crippen LogP contribution is -2.47. The number of piperidine rings is 1. The second-order valence-corrected chi connectivity index (χ2v) is 12.6. The van der Waals surface area contributed by atoms with E-state index in [2.05, 4.69) is 100 Å². The predicted molar refractivity (Wildman–Crippen MR) is 169 cm³/mol. The summed E-state index contributed by atoms with van der Waals surface area (Å²) in [6.07, 6.45) is 4.64. The van der Waals surface area contributed by atoms with Crippen molar-refractivity contribution in [3.05, 3.63) is 77.8 Å². The fraction of sp³-hybridized carbons (Fsp3) is 0.515. The maximum absolute atomic E-state index is 5.26. The number of likely N-dealkylation sites (N-methyl/N-ethyl adjacent to an activating group) is 2. The lowest BCUT2D eigenvalue weighted by Gasteiger charge is -2.46. The lowest BCUT2D eigenvalue weighted by atomic mass is 9.77. The number of hydrogen-bond donors (Lipinski definition) is 1. The summed E-state index contributed by atoms with van der Waals surface area (Å²) in [7, 11) is 4.35. The van der Waals surface area contributed by atoms with Gasteiger partial charge in [0.25, 0.3) is 0 Å². The van der Waals surface area contributed by atoms with Crippen LogP contribution >= 0.6 is 0 Å². The van der Waals surface area contributed by atoms with Gasteiger partial charge in [0.1, 0.15) is 11.6 Å². The number of aryl methyl sites for hydroxylation is 1. The van der Waals surface area contributed by atoms with E-state index >= 15 is 0 Å². The van der Waals surface area contributed by atoms with Crippen molar-refractivity contribution >= 4 is 17.3 Å². The molecule has 0 spiro atoms. The molecule has 8 heteroatoms. The Bertz CT molecular complexity index is 1420. The van der Waals surface area contributed by atoms with Crippen LogP contribution in [-0.2, 0) is 5.41 Å². The van der Waals surface area contributed by atoms with Crippen LogP contribution in [0.1, 0.15) is 55.5 Å². The van der Waals surface area contributed by atoms with Gasteiger partial charge in [-0.1, -0.05) is 43.0 Å². The molecule has 0 amide bonds. The summed E-state index contributed by atoms with van der Waals surface area (Å²) in [6.45, 7) is 20.1. The first-order valence-corrected chi connectivity index (χ1v) is 15.2. The zero-order valence-electron chi connectivity index (χ0n) is 25.4. The molecule has 0 aliphatic carbocycles. The van der Waals surface area contributed by atoms with E-state index < -0.39 is 0 Å². The van der Waals surface area contributed by atoms with Crippen LogP contribution in [0.15, 0.2) is 61.0 Å². The molecule has 0 unspecified atom stereocenters. The quantitative estimate of drug-likeness (QED) is 0.492. The molecule has 5 heterocycles. The van der Waals surface area contributed by atoms with Gasteiger partial charge in [0.15, 0.2) is 5.65 Å². The summed E-state index contributed by atoms with van der Waals surface area (Å²) in [5.41, 5.74) is 6.49. The van der Waals surface area contributed by atoms with Crippen molar-refractivity contribution in [3.8, 4) is 0 Å². The predicted octanol–water partition coefficient (Wildman–Crippen LogP) is 4.73. The van der Waals surface area contributed by atoms with E-state index in [9.17, 15) is 0 Å². The normalized spacial score (nSPS) is 24.9. The van der Waals surface area contributed by atoms with Crippen LogP contribution in [0.4, 0.5) is 11.6 Å². The number of nitrogens with zero attached hydrogens (tertiary/aromatic N) is 7. The van der Waals surface area contributed by atoms with E-state index in [1.54, 1.807) is 0 Å². The maximum Gasteiger partial charge on any atom is 0.160 e. The fourth-order valence-corrected chi connectivity index (χ4v) is 6.75. The van der Waals surface area contributed by atoms with Gasteiger partial charge in [0, 0.05) is 81.8 Å². The molecule has 2 saturated heterocycles. The van der Waals surface area contributed by atoms with E-state index in [4.69, 9.17) is 16.7 Å². The molecule has 3 aliphatic rings. The smallest absolute Gasteiger partial charge is 0.160 e. The highest BCUT2D eigenvalue weighted by atomic mass is 15.4. The molecule has 3 aliphatic heterocycles. The third-order valence-electron chi connectivity index (χ3n) is 9.37. The largest absolute Gasteiger partial charge is 0.386 e. The Hall–Kier alpha value is -3.52. The van der Waals surface area contributed by atoms with Crippen LogP contribution in [0.3, 0.4) is 0 Å². The van der Waals surface area contributed by atoms with Crippen LogP contribution in [0.2, 0.25) is 0 Å². The van der Waals surface area contributed by atoms with Crippen molar-refractivity contribution in [1.82, 2.24) is 29.7 Å². The van der Waals surface area contributed by atoms with Gasteiger partial charge in [-0.2, -0.15) is 9.61 Å². The highest BCUT2D eigenvalue weighted by Gasteiger charge is 2.39. The minimum Gasteiger partial charge on any atom is -0.386 e. The number of aromatic nitrogens is 3. The molecule has 2 bridgehead atoms. The molecule has 0 saturated carbocycles. The van der Waals surface area contributed by atoms with Gasteiger partial charge in [-0.25, -0.2) is 4.98 Å². The van der Waals surface area contributed by atoms with Gasteiger partial charge in [0.2, 0.25) is 0 Å². The molecule has 8 nitrogen and oxygen atoms in total. The highest BCUT2D eigenvalue weighted by molar-refractivity contribution is 5.60. The van der Waals surface area contributed by atoms with E-state index in [-0.39, 0.29) is 11.5 Å². The maximum atomic E-state index is 5.26. The molecular weight excluding hydrogens is 508 g/mol. The zero-order valence-corrected chi connectivity index (χ0v) is 25.4. The molecule has 0 radical (unpaired) electrons. The van der Waals surface area contributed by atoms with Crippen molar-refractivity contribution in [2.24, 2.45) is 0 Å². The Kier molecular flexibility index (Phi) is 7.45. The summed E-state index contributed by atoms with van der Waals surface area (Å²) >= 11 is 0. The Labute approximate surface area is 245 Å². The van der Waals surface area contributed by atoms with Crippen LogP contribution in [-0.4, -0.2) is 84.3 Å². The van der Waals surface area contributed by atoms with Gasteiger partial charge in [-0.05, 0) is 52.1 Å². The number of anilines is 2. The molecule has 2 aromatic heterocycles. The zero-order chi connectivity index (χ0) is 28.7. The first kappa shape index (κ1) is 27.6. The van der Waals surface area contributed by atoms with Crippen LogP contribution in [0.5, 0.6) is 0 Å². The minimum absolute atomic E-state index is 0.170. The molecule has 1 N–H and O–H groups in total. The third kappa shape index (κ3) is 5.30. The SMILES string of the molecule is C=C1CN(C)C[C@@](C)(c2ccc(C)cc2)C(=C)N2CCCC[C@H]2c2cc3nc(N4CCC4)cc(n3n2)N(C)CCN1. The van der Waals surface area contributed by atoms with E-state index in [0.29, 0.717) is 0 Å². The summed E-state index contributed by atoms with van der Waals surface area (Å²) in [4.78, 5) is 14.7. The monoisotopic (exact) mass is 554 g/mol. The average Bonchev–Trinajstić information content (AvgIpc) is 3.35.